The molecule has 2 aromatic rings. The third-order valence-corrected chi connectivity index (χ3v) is 2.83. The van der Waals surface area contributed by atoms with Crippen LogP contribution in [-0.4, -0.2) is 9.78 Å². The van der Waals surface area contributed by atoms with Crippen LogP contribution in [0.25, 0.3) is 17.3 Å². The molecule has 0 fully saturated rings. The molecule has 0 atom stereocenters. The van der Waals surface area contributed by atoms with Gasteiger partial charge in [0.25, 0.3) is 0 Å². The fourth-order valence-electron chi connectivity index (χ4n) is 1.89. The molecule has 5 heteroatoms. The van der Waals surface area contributed by atoms with E-state index in [2.05, 4.69) is 11.2 Å². The average Bonchev–Trinajstić information content (AvgIpc) is 2.94. The van der Waals surface area contributed by atoms with Gasteiger partial charge in [-0.1, -0.05) is 30.3 Å². The van der Waals surface area contributed by atoms with Crippen LogP contribution in [0, 0.1) is 34.0 Å². The van der Waals surface area contributed by atoms with Crippen molar-refractivity contribution in [3.63, 3.8) is 0 Å². The molecule has 1 aromatic carbocycles. The summed E-state index contributed by atoms with van der Waals surface area (Å²) in [5, 5.41) is 30.9. The molecule has 1 aromatic heterocycles. The van der Waals surface area contributed by atoms with Crippen LogP contribution in [0.5, 0.6) is 0 Å². The van der Waals surface area contributed by atoms with Crippen LogP contribution in [0.3, 0.4) is 0 Å². The van der Waals surface area contributed by atoms with Gasteiger partial charge in [0.1, 0.15) is 17.7 Å². The molecule has 0 aliphatic heterocycles. The maximum absolute atomic E-state index is 8.89. The van der Waals surface area contributed by atoms with Gasteiger partial charge < -0.3 is 0 Å². The summed E-state index contributed by atoms with van der Waals surface area (Å²) < 4.78 is 1.66. The van der Waals surface area contributed by atoms with Gasteiger partial charge in [-0.15, -0.1) is 0 Å². The summed E-state index contributed by atoms with van der Waals surface area (Å²) in [5.41, 5.74) is 2.30. The molecule has 0 saturated heterocycles. The molecule has 2 rings (SSSR count). The zero-order valence-electron chi connectivity index (χ0n) is 11.2. The molecule has 0 unspecified atom stereocenters. The van der Waals surface area contributed by atoms with E-state index in [4.69, 9.17) is 15.8 Å². The summed E-state index contributed by atoms with van der Waals surface area (Å²) in [6, 6.07) is 15.3. The molecular weight excluding hydrogens is 262 g/mol. The second-order valence-electron chi connectivity index (χ2n) is 4.25. The molecule has 0 bridgehead atoms. The zero-order valence-corrected chi connectivity index (χ0v) is 11.2. The van der Waals surface area contributed by atoms with Crippen LogP contribution in [0.15, 0.2) is 42.1 Å². The first kappa shape index (κ1) is 14.1. The van der Waals surface area contributed by atoms with E-state index in [-0.39, 0.29) is 5.57 Å². The largest absolute Gasteiger partial charge is 0.270 e. The van der Waals surface area contributed by atoms with E-state index in [9.17, 15) is 0 Å². The number of aromatic nitrogens is 2. The van der Waals surface area contributed by atoms with Crippen LogP contribution in [-0.2, 0) is 6.54 Å². The Bertz CT molecular complexity index is 763. The first-order valence-corrected chi connectivity index (χ1v) is 6.30. The Balaban J connectivity index is 2.50. The lowest BCUT2D eigenvalue weighted by atomic mass is 10.1. The molecule has 0 aliphatic rings. The summed E-state index contributed by atoms with van der Waals surface area (Å²) in [7, 11) is 0. The minimum absolute atomic E-state index is 0.0204. The number of nitriles is 3. The van der Waals surface area contributed by atoms with E-state index < -0.39 is 0 Å². The average molecular weight is 273 g/mol. The van der Waals surface area contributed by atoms with E-state index >= 15 is 0 Å². The molecular formula is C16H11N5. The molecule has 0 spiro atoms. The lowest BCUT2D eigenvalue weighted by Crippen LogP contribution is -1.97. The fraction of sp³-hybridized carbons (Fsp3) is 0.125. The summed E-state index contributed by atoms with van der Waals surface area (Å²) in [6.45, 7) is 0.471. The molecule has 1 heterocycles. The molecule has 0 saturated carbocycles. The van der Waals surface area contributed by atoms with E-state index in [0.29, 0.717) is 24.2 Å². The SMILES string of the molecule is N#CCCn1cc(C=C(C#N)C#N)c(-c2ccccc2)n1. The number of hydrogen-bond donors (Lipinski definition) is 0. The maximum atomic E-state index is 8.89. The van der Waals surface area contributed by atoms with E-state index in [1.165, 1.54) is 6.08 Å². The number of nitrogens with zero attached hydrogens (tertiary/aromatic N) is 5. The minimum Gasteiger partial charge on any atom is -0.270 e. The molecule has 0 radical (unpaired) electrons. The normalized spacial score (nSPS) is 9.19. The number of allylic oxidation sites excluding steroid dienone is 1. The monoisotopic (exact) mass is 273 g/mol. The van der Waals surface area contributed by atoms with Crippen molar-refractivity contribution in [1.82, 2.24) is 9.78 Å². The Morgan fingerprint density at radius 1 is 1.14 bits per heavy atom. The van der Waals surface area contributed by atoms with Crippen molar-refractivity contribution in [2.24, 2.45) is 0 Å². The van der Waals surface area contributed by atoms with Gasteiger partial charge in [-0.05, 0) is 6.08 Å². The topological polar surface area (TPSA) is 89.2 Å². The smallest absolute Gasteiger partial charge is 0.130 e. The molecule has 5 nitrogen and oxygen atoms in total. The Labute approximate surface area is 122 Å². The summed E-state index contributed by atoms with van der Waals surface area (Å²) in [4.78, 5) is 0. The fourth-order valence-corrected chi connectivity index (χ4v) is 1.89. The van der Waals surface area contributed by atoms with Gasteiger partial charge in [0, 0.05) is 17.3 Å². The number of aryl methyl sites for hydroxylation is 1. The highest BCUT2D eigenvalue weighted by atomic mass is 15.3. The Hall–Kier alpha value is -3.36. The quantitative estimate of drug-likeness (QED) is 0.801. The van der Waals surface area contributed by atoms with Crippen LogP contribution >= 0.6 is 0 Å². The van der Waals surface area contributed by atoms with Crippen LogP contribution in [0.1, 0.15) is 12.0 Å². The number of hydrogen-bond acceptors (Lipinski definition) is 4. The number of rotatable bonds is 4. The Morgan fingerprint density at radius 3 is 2.48 bits per heavy atom. The second kappa shape index (κ2) is 6.70. The maximum Gasteiger partial charge on any atom is 0.130 e. The third kappa shape index (κ3) is 3.35. The van der Waals surface area contributed by atoms with Crippen molar-refractivity contribution < 1.29 is 0 Å². The van der Waals surface area contributed by atoms with Crippen molar-refractivity contribution in [1.29, 1.82) is 15.8 Å². The van der Waals surface area contributed by atoms with Gasteiger partial charge in [-0.2, -0.15) is 20.9 Å². The Kier molecular flexibility index (Phi) is 4.49. The predicted molar refractivity (Wildman–Crippen MR) is 77.1 cm³/mol. The molecule has 0 aliphatic carbocycles. The van der Waals surface area contributed by atoms with Gasteiger partial charge >= 0.3 is 0 Å². The predicted octanol–water partition coefficient (Wildman–Crippen LogP) is 2.89. The highest BCUT2D eigenvalue weighted by Gasteiger charge is 2.10. The van der Waals surface area contributed by atoms with Crippen LogP contribution in [0.4, 0.5) is 0 Å². The van der Waals surface area contributed by atoms with Gasteiger partial charge in [-0.3, -0.25) is 4.68 Å². The summed E-state index contributed by atoms with van der Waals surface area (Å²) >= 11 is 0. The van der Waals surface area contributed by atoms with Crippen molar-refractivity contribution in [3.8, 4) is 29.5 Å². The summed E-state index contributed by atoms with van der Waals surface area (Å²) in [6.07, 6.45) is 3.61. The van der Waals surface area contributed by atoms with Crippen molar-refractivity contribution in [2.75, 3.05) is 0 Å². The second-order valence-corrected chi connectivity index (χ2v) is 4.25. The van der Waals surface area contributed by atoms with Gasteiger partial charge in [0.2, 0.25) is 0 Å². The Morgan fingerprint density at radius 2 is 1.86 bits per heavy atom. The van der Waals surface area contributed by atoms with Gasteiger partial charge in [-0.25, -0.2) is 0 Å². The highest BCUT2D eigenvalue weighted by molar-refractivity contribution is 5.75. The van der Waals surface area contributed by atoms with Crippen molar-refractivity contribution in [2.45, 2.75) is 13.0 Å². The third-order valence-electron chi connectivity index (χ3n) is 2.83. The van der Waals surface area contributed by atoms with Gasteiger partial charge in [0.05, 0.1) is 24.7 Å². The van der Waals surface area contributed by atoms with E-state index in [1.54, 1.807) is 10.9 Å². The first-order valence-electron chi connectivity index (χ1n) is 6.30. The highest BCUT2D eigenvalue weighted by Crippen LogP contribution is 2.24. The molecule has 0 amide bonds. The van der Waals surface area contributed by atoms with Crippen molar-refractivity contribution >= 4 is 6.08 Å². The molecule has 100 valence electrons. The lowest BCUT2D eigenvalue weighted by Gasteiger charge is -1.98. The lowest BCUT2D eigenvalue weighted by molar-refractivity contribution is 0.629. The van der Waals surface area contributed by atoms with Crippen molar-refractivity contribution in [3.05, 3.63) is 47.7 Å². The zero-order chi connectivity index (χ0) is 15.1. The summed E-state index contributed by atoms with van der Waals surface area (Å²) in [5.74, 6) is 0. The van der Waals surface area contributed by atoms with Gasteiger partial charge in [0.15, 0.2) is 0 Å². The molecule has 0 N–H and O–H groups in total. The molecule has 21 heavy (non-hydrogen) atoms. The number of benzene rings is 1. The first-order chi connectivity index (χ1) is 10.3. The van der Waals surface area contributed by atoms with E-state index in [1.807, 2.05) is 42.5 Å². The minimum atomic E-state index is 0.0204. The standard InChI is InChI=1S/C16H11N5/c17-7-4-8-21-12-15(9-13(10-18)11-19)16(20-21)14-5-2-1-3-6-14/h1-3,5-6,9,12H,4,8H2. The van der Waals surface area contributed by atoms with Crippen LogP contribution in [0.2, 0.25) is 0 Å². The van der Waals surface area contributed by atoms with Crippen LogP contribution < -0.4 is 0 Å². The van der Waals surface area contributed by atoms with E-state index in [0.717, 1.165) is 5.56 Å².